The van der Waals surface area contributed by atoms with Crippen molar-refractivity contribution >= 4 is 5.69 Å². The Labute approximate surface area is 128 Å². The van der Waals surface area contributed by atoms with E-state index in [9.17, 15) is 0 Å². The number of hydrogen-bond acceptors (Lipinski definition) is 3. The molecule has 2 aromatic rings. The summed E-state index contributed by atoms with van der Waals surface area (Å²) in [5.74, 6) is 1.03. The van der Waals surface area contributed by atoms with Crippen molar-refractivity contribution < 1.29 is 4.42 Å². The molecule has 0 aliphatic heterocycles. The van der Waals surface area contributed by atoms with Crippen LogP contribution >= 0.6 is 0 Å². The second-order valence-electron chi connectivity index (χ2n) is 5.78. The molecule has 0 aliphatic rings. The van der Waals surface area contributed by atoms with Gasteiger partial charge in [0, 0.05) is 30.9 Å². The van der Waals surface area contributed by atoms with Crippen molar-refractivity contribution in [2.45, 2.75) is 46.3 Å². The van der Waals surface area contributed by atoms with Crippen molar-refractivity contribution in [3.8, 4) is 0 Å². The first-order valence-corrected chi connectivity index (χ1v) is 7.68. The van der Waals surface area contributed by atoms with Crippen LogP contribution in [0.1, 0.15) is 37.7 Å². The van der Waals surface area contributed by atoms with Gasteiger partial charge in [0.1, 0.15) is 5.76 Å². The SMILES string of the molecule is CCc1ccc(N(C)Cc2occc2CNC(C)C)cc1. The molecular formula is C18H26N2O. The lowest BCUT2D eigenvalue weighted by Gasteiger charge is -2.19. The second kappa shape index (κ2) is 7.32. The van der Waals surface area contributed by atoms with Crippen LogP contribution in [0.5, 0.6) is 0 Å². The minimum absolute atomic E-state index is 0.479. The van der Waals surface area contributed by atoms with Crippen molar-refractivity contribution in [3.63, 3.8) is 0 Å². The predicted molar refractivity (Wildman–Crippen MR) is 88.6 cm³/mol. The maximum absolute atomic E-state index is 5.65. The zero-order valence-electron chi connectivity index (χ0n) is 13.5. The summed E-state index contributed by atoms with van der Waals surface area (Å²) in [5, 5.41) is 3.44. The van der Waals surface area contributed by atoms with Crippen LogP contribution < -0.4 is 10.2 Å². The molecule has 1 heterocycles. The zero-order chi connectivity index (χ0) is 15.2. The van der Waals surface area contributed by atoms with Crippen LogP contribution in [0.2, 0.25) is 0 Å². The largest absolute Gasteiger partial charge is 0.467 e. The zero-order valence-corrected chi connectivity index (χ0v) is 13.5. The third-order valence-electron chi connectivity index (χ3n) is 3.70. The monoisotopic (exact) mass is 286 g/mol. The Balaban J connectivity index is 2.01. The summed E-state index contributed by atoms with van der Waals surface area (Å²) in [5.41, 5.74) is 3.82. The van der Waals surface area contributed by atoms with Crippen LogP contribution in [0.3, 0.4) is 0 Å². The molecule has 0 saturated heterocycles. The lowest BCUT2D eigenvalue weighted by Crippen LogP contribution is -2.23. The van der Waals surface area contributed by atoms with Gasteiger partial charge in [-0.2, -0.15) is 0 Å². The number of aryl methyl sites for hydroxylation is 1. The second-order valence-corrected chi connectivity index (χ2v) is 5.78. The molecule has 0 atom stereocenters. The number of hydrogen-bond donors (Lipinski definition) is 1. The van der Waals surface area contributed by atoms with E-state index in [1.165, 1.54) is 16.8 Å². The Hall–Kier alpha value is -1.74. The van der Waals surface area contributed by atoms with Gasteiger partial charge in [-0.05, 0) is 30.2 Å². The Bertz CT molecular complexity index is 543. The Morgan fingerprint density at radius 3 is 2.48 bits per heavy atom. The Kier molecular flexibility index (Phi) is 5.45. The van der Waals surface area contributed by atoms with E-state index in [0.717, 1.165) is 25.3 Å². The van der Waals surface area contributed by atoms with E-state index in [1.54, 1.807) is 6.26 Å². The minimum atomic E-state index is 0.479. The molecule has 0 aliphatic carbocycles. The summed E-state index contributed by atoms with van der Waals surface area (Å²) in [6.45, 7) is 8.12. The average molecular weight is 286 g/mol. The van der Waals surface area contributed by atoms with E-state index in [2.05, 4.69) is 68.4 Å². The molecule has 0 amide bonds. The number of rotatable bonds is 7. The molecular weight excluding hydrogens is 260 g/mol. The van der Waals surface area contributed by atoms with Crippen LogP contribution in [0, 0.1) is 0 Å². The number of anilines is 1. The summed E-state index contributed by atoms with van der Waals surface area (Å²) < 4.78 is 5.65. The topological polar surface area (TPSA) is 28.4 Å². The molecule has 21 heavy (non-hydrogen) atoms. The van der Waals surface area contributed by atoms with Gasteiger partial charge in [0.15, 0.2) is 0 Å². The van der Waals surface area contributed by atoms with E-state index in [1.807, 2.05) is 0 Å². The average Bonchev–Trinajstić information content (AvgIpc) is 2.92. The fourth-order valence-electron chi connectivity index (χ4n) is 2.27. The lowest BCUT2D eigenvalue weighted by molar-refractivity contribution is 0.496. The molecule has 0 radical (unpaired) electrons. The first-order valence-electron chi connectivity index (χ1n) is 7.68. The Morgan fingerprint density at radius 1 is 1.14 bits per heavy atom. The Morgan fingerprint density at radius 2 is 1.86 bits per heavy atom. The van der Waals surface area contributed by atoms with Gasteiger partial charge in [0.25, 0.3) is 0 Å². The predicted octanol–water partition coefficient (Wildman–Crippen LogP) is 3.98. The number of nitrogens with one attached hydrogen (secondary N) is 1. The van der Waals surface area contributed by atoms with E-state index in [0.29, 0.717) is 6.04 Å². The molecule has 0 unspecified atom stereocenters. The highest BCUT2D eigenvalue weighted by Gasteiger charge is 2.10. The quantitative estimate of drug-likeness (QED) is 0.834. The molecule has 0 bridgehead atoms. The van der Waals surface area contributed by atoms with Crippen LogP contribution in [0.25, 0.3) is 0 Å². The summed E-state index contributed by atoms with van der Waals surface area (Å²) in [7, 11) is 2.10. The highest BCUT2D eigenvalue weighted by Crippen LogP contribution is 2.19. The fraction of sp³-hybridized carbons (Fsp3) is 0.444. The first-order chi connectivity index (χ1) is 10.1. The summed E-state index contributed by atoms with van der Waals surface area (Å²) in [4.78, 5) is 2.22. The van der Waals surface area contributed by atoms with Gasteiger partial charge in [-0.25, -0.2) is 0 Å². The maximum Gasteiger partial charge on any atom is 0.127 e. The fourth-order valence-corrected chi connectivity index (χ4v) is 2.27. The van der Waals surface area contributed by atoms with Gasteiger partial charge in [0.2, 0.25) is 0 Å². The van der Waals surface area contributed by atoms with E-state index < -0.39 is 0 Å². The lowest BCUT2D eigenvalue weighted by atomic mass is 10.1. The highest BCUT2D eigenvalue weighted by atomic mass is 16.3. The van der Waals surface area contributed by atoms with Gasteiger partial charge in [-0.15, -0.1) is 0 Å². The van der Waals surface area contributed by atoms with Crippen molar-refractivity contribution in [1.29, 1.82) is 0 Å². The number of furan rings is 1. The molecule has 1 aromatic heterocycles. The minimum Gasteiger partial charge on any atom is -0.467 e. The molecule has 1 aromatic carbocycles. The molecule has 0 fully saturated rings. The van der Waals surface area contributed by atoms with Gasteiger partial charge in [0.05, 0.1) is 12.8 Å². The molecule has 1 N–H and O–H groups in total. The molecule has 3 heteroatoms. The van der Waals surface area contributed by atoms with E-state index >= 15 is 0 Å². The first kappa shape index (κ1) is 15.6. The van der Waals surface area contributed by atoms with Gasteiger partial charge >= 0.3 is 0 Å². The van der Waals surface area contributed by atoms with Crippen molar-refractivity contribution in [3.05, 3.63) is 53.5 Å². The van der Waals surface area contributed by atoms with E-state index in [-0.39, 0.29) is 0 Å². The molecule has 0 saturated carbocycles. The summed E-state index contributed by atoms with van der Waals surface area (Å²) in [6.07, 6.45) is 2.86. The summed E-state index contributed by atoms with van der Waals surface area (Å²) >= 11 is 0. The normalized spacial score (nSPS) is 11.1. The van der Waals surface area contributed by atoms with Crippen LogP contribution in [-0.2, 0) is 19.5 Å². The van der Waals surface area contributed by atoms with Crippen LogP contribution in [0.15, 0.2) is 41.0 Å². The van der Waals surface area contributed by atoms with Gasteiger partial charge in [-0.3, -0.25) is 0 Å². The molecule has 114 valence electrons. The van der Waals surface area contributed by atoms with Crippen molar-refractivity contribution in [1.82, 2.24) is 5.32 Å². The standard InChI is InChI=1S/C18H26N2O/c1-5-15-6-8-17(9-7-15)20(4)13-18-16(10-11-21-18)12-19-14(2)3/h6-11,14,19H,5,12-13H2,1-4H3. The smallest absolute Gasteiger partial charge is 0.127 e. The molecule has 0 spiro atoms. The molecule has 2 rings (SSSR count). The highest BCUT2D eigenvalue weighted by molar-refractivity contribution is 5.47. The maximum atomic E-state index is 5.65. The van der Waals surface area contributed by atoms with Crippen LogP contribution in [0.4, 0.5) is 5.69 Å². The van der Waals surface area contributed by atoms with Crippen molar-refractivity contribution in [2.24, 2.45) is 0 Å². The third kappa shape index (κ3) is 4.36. The number of nitrogens with zero attached hydrogens (tertiary/aromatic N) is 1. The third-order valence-corrected chi connectivity index (χ3v) is 3.70. The van der Waals surface area contributed by atoms with Crippen molar-refractivity contribution in [2.75, 3.05) is 11.9 Å². The van der Waals surface area contributed by atoms with Crippen LogP contribution in [-0.4, -0.2) is 13.1 Å². The van der Waals surface area contributed by atoms with Gasteiger partial charge in [-0.1, -0.05) is 32.9 Å². The van der Waals surface area contributed by atoms with Gasteiger partial charge < -0.3 is 14.6 Å². The van der Waals surface area contributed by atoms with E-state index in [4.69, 9.17) is 4.42 Å². The number of benzene rings is 1. The molecule has 3 nitrogen and oxygen atoms in total. The summed E-state index contributed by atoms with van der Waals surface area (Å²) in [6, 6.07) is 11.3.